The maximum Gasteiger partial charge on any atom is 0.123 e. The largest absolute Gasteiger partial charge is 0.308 e. The fraction of sp³-hybridized carbons (Fsp3) is 0.438. The van der Waals surface area contributed by atoms with Crippen molar-refractivity contribution in [3.8, 4) is 0 Å². The third-order valence-electron chi connectivity index (χ3n) is 3.36. The van der Waals surface area contributed by atoms with Gasteiger partial charge in [-0.05, 0) is 56.5 Å². The Morgan fingerprint density at radius 2 is 2.15 bits per heavy atom. The molecule has 0 saturated heterocycles. The van der Waals surface area contributed by atoms with Crippen LogP contribution in [0.2, 0.25) is 0 Å². The second-order valence-corrected chi connectivity index (χ2v) is 6.14. The SMILES string of the molecule is CCCNC(Cc1ccc(F)cc1C)c1csc(C)n1. The summed E-state index contributed by atoms with van der Waals surface area (Å²) in [5.41, 5.74) is 3.26. The molecule has 0 aliphatic carbocycles. The van der Waals surface area contributed by atoms with Gasteiger partial charge in [-0.3, -0.25) is 0 Å². The zero-order valence-corrected chi connectivity index (χ0v) is 13.1. The summed E-state index contributed by atoms with van der Waals surface area (Å²) in [6, 6.07) is 5.21. The highest BCUT2D eigenvalue weighted by Crippen LogP contribution is 2.22. The smallest absolute Gasteiger partial charge is 0.123 e. The molecule has 0 fully saturated rings. The molecule has 1 aromatic carbocycles. The molecule has 0 amide bonds. The summed E-state index contributed by atoms with van der Waals surface area (Å²) in [4.78, 5) is 4.59. The normalized spacial score (nSPS) is 12.6. The molecule has 2 rings (SSSR count). The summed E-state index contributed by atoms with van der Waals surface area (Å²) in [5, 5.41) is 6.73. The molecule has 4 heteroatoms. The van der Waals surface area contributed by atoms with Gasteiger partial charge in [0, 0.05) is 5.38 Å². The number of hydrogen-bond acceptors (Lipinski definition) is 3. The molecule has 1 unspecified atom stereocenters. The predicted octanol–water partition coefficient (Wildman–Crippen LogP) is 4.18. The fourth-order valence-corrected chi connectivity index (χ4v) is 2.91. The Balaban J connectivity index is 2.18. The Kier molecular flexibility index (Phi) is 5.26. The molecule has 0 aliphatic heterocycles. The van der Waals surface area contributed by atoms with Crippen LogP contribution in [0.4, 0.5) is 4.39 Å². The van der Waals surface area contributed by atoms with Gasteiger partial charge in [-0.1, -0.05) is 13.0 Å². The van der Waals surface area contributed by atoms with Gasteiger partial charge >= 0.3 is 0 Å². The van der Waals surface area contributed by atoms with Crippen molar-refractivity contribution in [3.63, 3.8) is 0 Å². The monoisotopic (exact) mass is 292 g/mol. The number of aromatic nitrogens is 1. The number of nitrogens with one attached hydrogen (secondary N) is 1. The van der Waals surface area contributed by atoms with E-state index >= 15 is 0 Å². The van der Waals surface area contributed by atoms with Crippen LogP contribution in [0, 0.1) is 19.7 Å². The number of nitrogens with zero attached hydrogens (tertiary/aromatic N) is 1. The number of hydrogen-bond donors (Lipinski definition) is 1. The summed E-state index contributed by atoms with van der Waals surface area (Å²) in [6.45, 7) is 7.09. The van der Waals surface area contributed by atoms with E-state index in [1.54, 1.807) is 17.4 Å². The van der Waals surface area contributed by atoms with Crippen LogP contribution in [0.1, 0.15) is 41.2 Å². The lowest BCUT2D eigenvalue weighted by molar-refractivity contribution is 0.518. The predicted molar refractivity (Wildman–Crippen MR) is 82.7 cm³/mol. The van der Waals surface area contributed by atoms with Gasteiger partial charge in [0.1, 0.15) is 5.82 Å². The Bertz CT molecular complexity index is 565. The summed E-state index contributed by atoms with van der Waals surface area (Å²) in [6.07, 6.45) is 1.93. The van der Waals surface area contributed by atoms with Crippen molar-refractivity contribution in [3.05, 3.63) is 51.2 Å². The van der Waals surface area contributed by atoms with Gasteiger partial charge in [-0.2, -0.15) is 0 Å². The molecule has 1 aromatic heterocycles. The first-order chi connectivity index (χ1) is 9.60. The minimum atomic E-state index is -0.172. The van der Waals surface area contributed by atoms with Crippen LogP contribution in [0.3, 0.4) is 0 Å². The summed E-state index contributed by atoms with van der Waals surface area (Å²) < 4.78 is 13.2. The molecule has 1 heterocycles. The zero-order valence-electron chi connectivity index (χ0n) is 12.2. The van der Waals surface area contributed by atoms with Crippen LogP contribution in [0.15, 0.2) is 23.6 Å². The molecule has 108 valence electrons. The maximum absolute atomic E-state index is 13.2. The molecule has 0 radical (unpaired) electrons. The standard InChI is InChI=1S/C16H21FN2S/c1-4-7-18-15(16-10-20-12(3)19-16)9-13-5-6-14(17)8-11(13)2/h5-6,8,10,15,18H,4,7,9H2,1-3H3. The molecule has 2 nitrogen and oxygen atoms in total. The van der Waals surface area contributed by atoms with E-state index in [1.807, 2.05) is 19.9 Å². The van der Waals surface area contributed by atoms with Gasteiger partial charge in [-0.15, -0.1) is 11.3 Å². The average molecular weight is 292 g/mol. The van der Waals surface area contributed by atoms with Crippen molar-refractivity contribution in [1.82, 2.24) is 10.3 Å². The van der Waals surface area contributed by atoms with Crippen LogP contribution in [-0.4, -0.2) is 11.5 Å². The van der Waals surface area contributed by atoms with Crippen LogP contribution < -0.4 is 5.32 Å². The van der Waals surface area contributed by atoms with Gasteiger partial charge in [-0.25, -0.2) is 9.37 Å². The first kappa shape index (κ1) is 15.1. The molecule has 1 N–H and O–H groups in total. The molecule has 0 bridgehead atoms. The summed E-state index contributed by atoms with van der Waals surface area (Å²) in [5.74, 6) is -0.172. The van der Waals surface area contributed by atoms with Gasteiger partial charge in [0.2, 0.25) is 0 Å². The first-order valence-electron chi connectivity index (χ1n) is 7.00. The van der Waals surface area contributed by atoms with Crippen molar-refractivity contribution in [2.45, 2.75) is 39.7 Å². The lowest BCUT2D eigenvalue weighted by Crippen LogP contribution is -2.24. The van der Waals surface area contributed by atoms with E-state index in [-0.39, 0.29) is 11.9 Å². The third-order valence-corrected chi connectivity index (χ3v) is 4.15. The maximum atomic E-state index is 13.2. The Morgan fingerprint density at radius 1 is 1.35 bits per heavy atom. The molecule has 0 aliphatic rings. The van der Waals surface area contributed by atoms with Gasteiger partial charge in [0.25, 0.3) is 0 Å². The van der Waals surface area contributed by atoms with Crippen LogP contribution >= 0.6 is 11.3 Å². The summed E-state index contributed by atoms with van der Waals surface area (Å²) >= 11 is 1.67. The topological polar surface area (TPSA) is 24.9 Å². The van der Waals surface area contributed by atoms with E-state index in [4.69, 9.17) is 0 Å². The zero-order chi connectivity index (χ0) is 14.5. The van der Waals surface area contributed by atoms with Crippen molar-refractivity contribution in [2.24, 2.45) is 0 Å². The van der Waals surface area contributed by atoms with Crippen molar-refractivity contribution in [2.75, 3.05) is 6.54 Å². The molecular formula is C16H21FN2S. The Hall–Kier alpha value is -1.26. The molecular weight excluding hydrogens is 271 g/mol. The van der Waals surface area contributed by atoms with E-state index in [0.29, 0.717) is 0 Å². The molecule has 2 aromatic rings. The minimum Gasteiger partial charge on any atom is -0.308 e. The quantitative estimate of drug-likeness (QED) is 0.864. The third kappa shape index (κ3) is 3.87. The first-order valence-corrected chi connectivity index (χ1v) is 7.88. The van der Waals surface area contributed by atoms with E-state index in [2.05, 4.69) is 22.6 Å². The second kappa shape index (κ2) is 6.95. The van der Waals surface area contributed by atoms with E-state index in [0.717, 1.165) is 35.7 Å². The highest BCUT2D eigenvalue weighted by atomic mass is 32.1. The molecule has 0 saturated carbocycles. The van der Waals surface area contributed by atoms with Crippen LogP contribution in [0.25, 0.3) is 0 Å². The number of rotatable bonds is 6. The lowest BCUT2D eigenvalue weighted by atomic mass is 9.99. The number of halogens is 1. The number of benzene rings is 1. The van der Waals surface area contributed by atoms with E-state index in [1.165, 1.54) is 11.6 Å². The summed E-state index contributed by atoms with van der Waals surface area (Å²) in [7, 11) is 0. The highest BCUT2D eigenvalue weighted by molar-refractivity contribution is 7.09. The second-order valence-electron chi connectivity index (χ2n) is 5.07. The van der Waals surface area contributed by atoms with Crippen molar-refractivity contribution < 1.29 is 4.39 Å². The van der Waals surface area contributed by atoms with Crippen LogP contribution in [0.5, 0.6) is 0 Å². The Labute approximate surface area is 124 Å². The Morgan fingerprint density at radius 3 is 2.75 bits per heavy atom. The van der Waals surface area contributed by atoms with Crippen molar-refractivity contribution >= 4 is 11.3 Å². The molecule has 1 atom stereocenters. The van der Waals surface area contributed by atoms with E-state index < -0.39 is 0 Å². The number of thiazole rings is 1. The lowest BCUT2D eigenvalue weighted by Gasteiger charge is -2.18. The molecule has 20 heavy (non-hydrogen) atoms. The van der Waals surface area contributed by atoms with Gasteiger partial charge in [0.15, 0.2) is 0 Å². The van der Waals surface area contributed by atoms with Crippen molar-refractivity contribution in [1.29, 1.82) is 0 Å². The number of aryl methyl sites for hydroxylation is 2. The van der Waals surface area contributed by atoms with Crippen LogP contribution in [-0.2, 0) is 6.42 Å². The highest BCUT2D eigenvalue weighted by Gasteiger charge is 2.15. The molecule has 0 spiro atoms. The fourth-order valence-electron chi connectivity index (χ4n) is 2.25. The minimum absolute atomic E-state index is 0.172. The average Bonchev–Trinajstić information content (AvgIpc) is 2.83. The van der Waals surface area contributed by atoms with E-state index in [9.17, 15) is 4.39 Å². The van der Waals surface area contributed by atoms with Gasteiger partial charge < -0.3 is 5.32 Å². The van der Waals surface area contributed by atoms with Gasteiger partial charge in [0.05, 0.1) is 16.7 Å².